The Morgan fingerprint density at radius 2 is 1.42 bits per heavy atom. The van der Waals surface area contributed by atoms with Crippen LogP contribution in [0, 0.1) is 0 Å². The number of hydrogen-bond donors (Lipinski definition) is 1. The van der Waals surface area contributed by atoms with Crippen LogP contribution in [0.15, 0.2) is 36.4 Å². The molecule has 1 nitrogen and oxygen atoms in total. The lowest BCUT2D eigenvalue weighted by molar-refractivity contribution is 1.04. The summed E-state index contributed by atoms with van der Waals surface area (Å²) in [6.07, 6.45) is 2.15. The van der Waals surface area contributed by atoms with Gasteiger partial charge in [0.05, 0.1) is 0 Å². The molecule has 100 valence electrons. The van der Waals surface area contributed by atoms with E-state index in [4.69, 9.17) is 17.3 Å². The summed E-state index contributed by atoms with van der Waals surface area (Å²) in [5.74, 6) is 0. The molecular weight excluding hydrogens is 254 g/mol. The normalized spacial score (nSPS) is 10.7. The number of nitrogens with two attached hydrogens (primary N) is 1. The highest BCUT2D eigenvalue weighted by atomic mass is 35.5. The highest BCUT2D eigenvalue weighted by Crippen LogP contribution is 2.27. The third-order valence-electron chi connectivity index (χ3n) is 3.57. The lowest BCUT2D eigenvalue weighted by Gasteiger charge is -2.11. The molecule has 0 aromatic heterocycles. The Labute approximate surface area is 120 Å². The third kappa shape index (κ3) is 2.99. The van der Waals surface area contributed by atoms with Crippen LogP contribution in [0.3, 0.4) is 0 Å². The highest BCUT2D eigenvalue weighted by molar-refractivity contribution is 6.31. The topological polar surface area (TPSA) is 26.0 Å². The lowest BCUT2D eigenvalue weighted by atomic mass is 9.96. The van der Waals surface area contributed by atoms with Gasteiger partial charge in [0.1, 0.15) is 0 Å². The van der Waals surface area contributed by atoms with E-state index in [1.807, 2.05) is 6.07 Å². The van der Waals surface area contributed by atoms with Crippen molar-refractivity contribution < 1.29 is 0 Å². The maximum Gasteiger partial charge on any atom is 0.0451 e. The van der Waals surface area contributed by atoms with Gasteiger partial charge < -0.3 is 5.73 Å². The Bertz CT molecular complexity index is 575. The fraction of sp³-hybridized carbons (Fsp3) is 0.294. The molecule has 0 amide bonds. The second-order valence-electron chi connectivity index (χ2n) is 4.70. The van der Waals surface area contributed by atoms with Crippen LogP contribution in [0.25, 0.3) is 11.1 Å². The van der Waals surface area contributed by atoms with Gasteiger partial charge in [0.15, 0.2) is 0 Å². The van der Waals surface area contributed by atoms with Crippen LogP contribution in [0.1, 0.15) is 30.5 Å². The zero-order valence-electron chi connectivity index (χ0n) is 11.5. The lowest BCUT2D eigenvalue weighted by Crippen LogP contribution is -1.98. The Hall–Kier alpha value is -1.31. The summed E-state index contributed by atoms with van der Waals surface area (Å²) in [5, 5.41) is 0.743. The molecule has 0 fully saturated rings. The summed E-state index contributed by atoms with van der Waals surface area (Å²) in [6, 6.07) is 12.8. The predicted octanol–water partition coefficient (Wildman–Crippen LogP) is 4.59. The Morgan fingerprint density at radius 3 is 2.00 bits per heavy atom. The van der Waals surface area contributed by atoms with Gasteiger partial charge in [-0.15, -0.1) is 0 Å². The summed E-state index contributed by atoms with van der Waals surface area (Å²) < 4.78 is 0. The Morgan fingerprint density at radius 1 is 0.842 bits per heavy atom. The fourth-order valence-electron chi connectivity index (χ4n) is 2.39. The molecule has 0 saturated heterocycles. The van der Waals surface area contributed by atoms with Crippen molar-refractivity contribution in [3.05, 3.63) is 58.1 Å². The highest BCUT2D eigenvalue weighted by Gasteiger charge is 2.05. The molecule has 0 spiro atoms. The standard InChI is InChI=1S/C17H20ClN/c1-3-12-5-6-14(9-13(12)4-2)15-7-8-17(18)16(10-15)11-19/h5-10H,3-4,11,19H2,1-2H3. The van der Waals surface area contributed by atoms with E-state index >= 15 is 0 Å². The molecule has 0 aliphatic rings. The van der Waals surface area contributed by atoms with Gasteiger partial charge in [-0.1, -0.05) is 49.7 Å². The van der Waals surface area contributed by atoms with Crippen molar-refractivity contribution in [2.24, 2.45) is 5.73 Å². The molecule has 2 N–H and O–H groups in total. The van der Waals surface area contributed by atoms with Gasteiger partial charge in [0, 0.05) is 11.6 Å². The van der Waals surface area contributed by atoms with Crippen molar-refractivity contribution >= 4 is 11.6 Å². The number of rotatable bonds is 4. The van der Waals surface area contributed by atoms with Gasteiger partial charge in [-0.2, -0.15) is 0 Å². The fourth-order valence-corrected chi connectivity index (χ4v) is 2.58. The average Bonchev–Trinajstić information content (AvgIpc) is 2.47. The number of halogens is 1. The van der Waals surface area contributed by atoms with Gasteiger partial charge in [0.25, 0.3) is 0 Å². The third-order valence-corrected chi connectivity index (χ3v) is 3.94. The second kappa shape index (κ2) is 6.23. The van der Waals surface area contributed by atoms with Crippen LogP contribution in [0.5, 0.6) is 0 Å². The second-order valence-corrected chi connectivity index (χ2v) is 5.11. The molecule has 0 atom stereocenters. The van der Waals surface area contributed by atoms with Crippen LogP contribution < -0.4 is 5.73 Å². The molecule has 2 heteroatoms. The number of hydrogen-bond acceptors (Lipinski definition) is 1. The van der Waals surface area contributed by atoms with Crippen LogP contribution in [-0.4, -0.2) is 0 Å². The zero-order chi connectivity index (χ0) is 13.8. The van der Waals surface area contributed by atoms with E-state index in [2.05, 4.69) is 44.2 Å². The van der Waals surface area contributed by atoms with Crippen molar-refractivity contribution in [3.8, 4) is 11.1 Å². The van der Waals surface area contributed by atoms with E-state index in [0.29, 0.717) is 6.54 Å². The molecule has 0 aliphatic heterocycles. The molecule has 19 heavy (non-hydrogen) atoms. The van der Waals surface area contributed by atoms with Crippen molar-refractivity contribution in [1.29, 1.82) is 0 Å². The molecule has 0 heterocycles. The largest absolute Gasteiger partial charge is 0.326 e. The monoisotopic (exact) mass is 273 g/mol. The molecule has 0 saturated carbocycles. The number of benzene rings is 2. The summed E-state index contributed by atoms with van der Waals surface area (Å²) >= 11 is 6.11. The van der Waals surface area contributed by atoms with Gasteiger partial charge in [0.2, 0.25) is 0 Å². The van der Waals surface area contributed by atoms with Crippen molar-refractivity contribution in [3.63, 3.8) is 0 Å². The average molecular weight is 274 g/mol. The number of aryl methyl sites for hydroxylation is 2. The predicted molar refractivity (Wildman–Crippen MR) is 83.5 cm³/mol. The molecule has 0 aliphatic carbocycles. The van der Waals surface area contributed by atoms with Crippen molar-refractivity contribution in [1.82, 2.24) is 0 Å². The van der Waals surface area contributed by atoms with Crippen LogP contribution >= 0.6 is 11.6 Å². The molecule has 0 unspecified atom stereocenters. The molecule has 0 radical (unpaired) electrons. The minimum Gasteiger partial charge on any atom is -0.326 e. The maximum atomic E-state index is 6.11. The van der Waals surface area contributed by atoms with Crippen molar-refractivity contribution in [2.45, 2.75) is 33.2 Å². The van der Waals surface area contributed by atoms with E-state index in [9.17, 15) is 0 Å². The van der Waals surface area contributed by atoms with Gasteiger partial charge >= 0.3 is 0 Å². The van der Waals surface area contributed by atoms with Gasteiger partial charge in [-0.05, 0) is 52.8 Å². The summed E-state index contributed by atoms with van der Waals surface area (Å²) in [7, 11) is 0. The van der Waals surface area contributed by atoms with Gasteiger partial charge in [-0.3, -0.25) is 0 Å². The summed E-state index contributed by atoms with van der Waals surface area (Å²) in [4.78, 5) is 0. The van der Waals surface area contributed by atoms with E-state index in [-0.39, 0.29) is 0 Å². The van der Waals surface area contributed by atoms with E-state index in [0.717, 1.165) is 23.4 Å². The first-order valence-electron chi connectivity index (χ1n) is 6.80. The first-order chi connectivity index (χ1) is 9.19. The quantitative estimate of drug-likeness (QED) is 0.866. The van der Waals surface area contributed by atoms with Gasteiger partial charge in [-0.25, -0.2) is 0 Å². The minimum absolute atomic E-state index is 0.473. The molecule has 0 bridgehead atoms. The van der Waals surface area contributed by atoms with Crippen LogP contribution in [-0.2, 0) is 19.4 Å². The first-order valence-corrected chi connectivity index (χ1v) is 7.18. The van der Waals surface area contributed by atoms with Crippen LogP contribution in [0.2, 0.25) is 5.02 Å². The SMILES string of the molecule is CCc1ccc(-c2ccc(Cl)c(CN)c2)cc1CC. The molecule has 2 aromatic carbocycles. The molecule has 2 rings (SSSR count). The minimum atomic E-state index is 0.473. The maximum absolute atomic E-state index is 6.11. The van der Waals surface area contributed by atoms with E-state index in [1.54, 1.807) is 0 Å². The summed E-state index contributed by atoms with van der Waals surface area (Å²) in [5.41, 5.74) is 12.0. The van der Waals surface area contributed by atoms with E-state index in [1.165, 1.54) is 22.3 Å². The van der Waals surface area contributed by atoms with E-state index < -0.39 is 0 Å². The zero-order valence-corrected chi connectivity index (χ0v) is 12.3. The molecular formula is C17H20ClN. The van der Waals surface area contributed by atoms with Crippen molar-refractivity contribution in [2.75, 3.05) is 0 Å². The Balaban J connectivity index is 2.47. The first kappa shape index (κ1) is 14.1. The molecule has 2 aromatic rings. The Kier molecular flexibility index (Phi) is 4.62. The summed E-state index contributed by atoms with van der Waals surface area (Å²) in [6.45, 7) is 4.87. The smallest absolute Gasteiger partial charge is 0.0451 e. The van der Waals surface area contributed by atoms with Crippen LogP contribution in [0.4, 0.5) is 0 Å².